The summed E-state index contributed by atoms with van der Waals surface area (Å²) >= 11 is 0. The normalized spacial score (nSPS) is 11.6. The lowest BCUT2D eigenvalue weighted by Crippen LogP contribution is -2.14. The Morgan fingerprint density at radius 2 is 0.960 bits per heavy atom. The monoisotopic (exact) mass is 640 g/mol. The Labute approximate surface area is 286 Å². The van der Waals surface area contributed by atoms with Gasteiger partial charge in [-0.2, -0.15) is 25.5 Å². The Kier molecular flexibility index (Phi) is 6.36. The van der Waals surface area contributed by atoms with Crippen molar-refractivity contribution in [1.82, 2.24) is 28.7 Å². The molecule has 0 saturated carbocycles. The maximum absolute atomic E-state index is 9.78. The van der Waals surface area contributed by atoms with Crippen LogP contribution in [0.15, 0.2) is 115 Å². The van der Waals surface area contributed by atoms with E-state index in [4.69, 9.17) is 21.4 Å². The number of nitrogens with zero attached hydrogens (tertiary/aromatic N) is 8. The molecule has 9 rings (SSSR count). The number of terminal acetylenes is 1. The third kappa shape index (κ3) is 4.15. The fraction of sp³-hybridized carbons (Fsp3) is 0.0238. The predicted octanol–water partition coefficient (Wildman–Crippen LogP) is 8.71. The number of fused-ring (bicyclic) bond motifs is 7. The summed E-state index contributed by atoms with van der Waals surface area (Å²) in [6, 6.07) is 40.1. The lowest BCUT2D eigenvalue weighted by molar-refractivity contribution is 0.836. The summed E-state index contributed by atoms with van der Waals surface area (Å²) in [5, 5.41) is 24.4. The van der Waals surface area contributed by atoms with Crippen molar-refractivity contribution >= 4 is 60.6 Å². The zero-order valence-corrected chi connectivity index (χ0v) is 26.7. The molecule has 0 amide bonds. The Bertz CT molecular complexity index is 2920. The summed E-state index contributed by atoms with van der Waals surface area (Å²) in [5.41, 5.74) is 7.34. The number of aromatic nitrogens is 6. The molecule has 8 heteroatoms. The molecule has 8 nitrogen and oxygen atoms in total. The third-order valence-electron chi connectivity index (χ3n) is 9.31. The molecule has 0 fully saturated rings. The first-order valence-corrected chi connectivity index (χ1v) is 16.0. The highest BCUT2D eigenvalue weighted by Gasteiger charge is 2.23. The quantitative estimate of drug-likeness (QED) is 0.179. The molecule has 232 valence electrons. The van der Waals surface area contributed by atoms with E-state index in [2.05, 4.69) is 59.9 Å². The van der Waals surface area contributed by atoms with Gasteiger partial charge in [0.1, 0.15) is 0 Å². The number of nitriles is 2. The SMILES string of the molecule is C#C/C=C\c1c(C)c2ccccc2n1-c1nc(-n2c3ccccc3c3ccccc32)nc(-n2c3ccc(C#N)cc3c3cc(C#N)ccc32)n1. The second kappa shape index (κ2) is 11.1. The van der Waals surface area contributed by atoms with Crippen LogP contribution in [0.2, 0.25) is 0 Å². The van der Waals surface area contributed by atoms with Crippen LogP contribution in [-0.2, 0) is 0 Å². The fourth-order valence-electron chi connectivity index (χ4n) is 7.12. The highest BCUT2D eigenvalue weighted by Crippen LogP contribution is 2.36. The summed E-state index contributed by atoms with van der Waals surface area (Å²) in [5.74, 6) is 3.85. The lowest BCUT2D eigenvalue weighted by atomic mass is 10.1. The summed E-state index contributed by atoms with van der Waals surface area (Å²) in [4.78, 5) is 15.6. The zero-order chi connectivity index (χ0) is 33.9. The first-order chi connectivity index (χ1) is 24.6. The molecule has 4 aromatic heterocycles. The first-order valence-electron chi connectivity index (χ1n) is 16.0. The van der Waals surface area contributed by atoms with Crippen LogP contribution in [0.3, 0.4) is 0 Å². The number of aryl methyl sites for hydroxylation is 1. The molecular weight excluding hydrogens is 617 g/mol. The summed E-state index contributed by atoms with van der Waals surface area (Å²) in [6.07, 6.45) is 9.29. The standard InChI is InChI=1S/C42H24N8/c1-3-4-14-34-26(2)29-11-5-8-15-35(29)48(34)40-45-41(49-36-16-9-6-12-30(36)31-13-7-10-17-37(31)49)47-42(46-40)50-38-20-18-27(24-43)22-32(38)33-23-28(25-44)19-21-39(33)50/h1,4-23H,2H3/b14-4-. The molecule has 0 unspecified atom stereocenters. The number of rotatable bonds is 4. The smallest absolute Gasteiger partial charge is 0.241 e. The van der Waals surface area contributed by atoms with Crippen LogP contribution in [0.5, 0.6) is 0 Å². The van der Waals surface area contributed by atoms with E-state index < -0.39 is 0 Å². The van der Waals surface area contributed by atoms with E-state index in [1.807, 2.05) is 81.9 Å². The van der Waals surface area contributed by atoms with Gasteiger partial charge in [0.25, 0.3) is 0 Å². The average molecular weight is 641 g/mol. The van der Waals surface area contributed by atoms with E-state index in [0.29, 0.717) is 29.0 Å². The molecule has 0 aliphatic rings. The van der Waals surface area contributed by atoms with Crippen LogP contribution in [0.1, 0.15) is 22.4 Å². The Hall–Kier alpha value is -7.47. The third-order valence-corrected chi connectivity index (χ3v) is 9.31. The molecule has 0 aliphatic heterocycles. The van der Waals surface area contributed by atoms with Crippen LogP contribution in [0.25, 0.3) is 78.4 Å². The molecule has 0 radical (unpaired) electrons. The second-order valence-corrected chi connectivity index (χ2v) is 12.0. The number of hydrogen-bond acceptors (Lipinski definition) is 5. The molecule has 0 saturated heterocycles. The van der Waals surface area contributed by atoms with Crippen LogP contribution >= 0.6 is 0 Å². The van der Waals surface area contributed by atoms with Crippen molar-refractivity contribution in [1.29, 1.82) is 10.5 Å². The Balaban J connectivity index is 1.45. The van der Waals surface area contributed by atoms with Gasteiger partial charge in [0.05, 0.1) is 56.5 Å². The number of hydrogen-bond donors (Lipinski definition) is 0. The van der Waals surface area contributed by atoms with Crippen molar-refractivity contribution in [3.8, 4) is 42.3 Å². The fourth-order valence-corrected chi connectivity index (χ4v) is 7.12. The minimum Gasteiger partial charge on any atom is -0.278 e. The molecule has 4 heterocycles. The van der Waals surface area contributed by atoms with Gasteiger partial charge in [0.15, 0.2) is 0 Å². The van der Waals surface area contributed by atoms with E-state index in [1.54, 1.807) is 18.2 Å². The van der Waals surface area contributed by atoms with E-state index in [9.17, 15) is 10.5 Å². The van der Waals surface area contributed by atoms with Gasteiger partial charge in [0, 0.05) is 26.9 Å². The van der Waals surface area contributed by atoms with Crippen LogP contribution in [-0.4, -0.2) is 28.7 Å². The number of benzene rings is 5. The van der Waals surface area contributed by atoms with Gasteiger partial charge in [-0.15, -0.1) is 6.42 Å². The molecular formula is C42H24N8. The molecule has 5 aromatic carbocycles. The molecule has 0 spiro atoms. The van der Waals surface area contributed by atoms with Gasteiger partial charge >= 0.3 is 0 Å². The predicted molar refractivity (Wildman–Crippen MR) is 197 cm³/mol. The van der Waals surface area contributed by atoms with E-state index in [1.165, 1.54) is 0 Å². The van der Waals surface area contributed by atoms with Crippen LogP contribution in [0, 0.1) is 41.9 Å². The van der Waals surface area contributed by atoms with Crippen molar-refractivity contribution in [2.75, 3.05) is 0 Å². The van der Waals surface area contributed by atoms with Crippen molar-refractivity contribution in [3.05, 3.63) is 138 Å². The van der Waals surface area contributed by atoms with Crippen LogP contribution < -0.4 is 0 Å². The Morgan fingerprint density at radius 3 is 1.44 bits per heavy atom. The zero-order valence-electron chi connectivity index (χ0n) is 26.7. The molecule has 0 N–H and O–H groups in total. The van der Waals surface area contributed by atoms with Crippen molar-refractivity contribution in [2.24, 2.45) is 0 Å². The van der Waals surface area contributed by atoms with Crippen molar-refractivity contribution in [3.63, 3.8) is 0 Å². The highest BCUT2D eigenvalue weighted by molar-refractivity contribution is 6.10. The van der Waals surface area contributed by atoms with E-state index in [0.717, 1.165) is 65.8 Å². The van der Waals surface area contributed by atoms with E-state index >= 15 is 0 Å². The summed E-state index contributed by atoms with van der Waals surface area (Å²) in [6.45, 7) is 2.07. The van der Waals surface area contributed by atoms with Gasteiger partial charge in [0.2, 0.25) is 17.8 Å². The van der Waals surface area contributed by atoms with Crippen molar-refractivity contribution < 1.29 is 0 Å². The van der Waals surface area contributed by atoms with Gasteiger partial charge < -0.3 is 0 Å². The first kappa shape index (κ1) is 28.7. The van der Waals surface area contributed by atoms with Crippen LogP contribution in [0.4, 0.5) is 0 Å². The van der Waals surface area contributed by atoms with Gasteiger partial charge in [-0.3, -0.25) is 13.7 Å². The molecule has 0 bridgehead atoms. The minimum atomic E-state index is 0.378. The molecule has 9 aromatic rings. The minimum absolute atomic E-state index is 0.378. The molecule has 50 heavy (non-hydrogen) atoms. The summed E-state index contributed by atoms with van der Waals surface area (Å²) < 4.78 is 6.08. The highest BCUT2D eigenvalue weighted by atomic mass is 15.3. The average Bonchev–Trinajstić information content (AvgIpc) is 3.78. The number of allylic oxidation sites excluding steroid dienone is 1. The molecule has 0 atom stereocenters. The Morgan fingerprint density at radius 1 is 0.540 bits per heavy atom. The maximum Gasteiger partial charge on any atom is 0.241 e. The van der Waals surface area contributed by atoms with E-state index in [-0.39, 0.29) is 0 Å². The molecule has 0 aliphatic carbocycles. The second-order valence-electron chi connectivity index (χ2n) is 12.0. The van der Waals surface area contributed by atoms with Gasteiger partial charge in [-0.05, 0) is 79.2 Å². The maximum atomic E-state index is 9.78. The summed E-state index contributed by atoms with van der Waals surface area (Å²) in [7, 11) is 0. The van der Waals surface area contributed by atoms with Crippen molar-refractivity contribution in [2.45, 2.75) is 6.92 Å². The number of para-hydroxylation sites is 3. The topological polar surface area (TPSA) is 101 Å². The van der Waals surface area contributed by atoms with Gasteiger partial charge in [-0.1, -0.05) is 60.5 Å². The lowest BCUT2D eigenvalue weighted by Gasteiger charge is -2.14. The largest absolute Gasteiger partial charge is 0.278 e. The van der Waals surface area contributed by atoms with Gasteiger partial charge in [-0.25, -0.2) is 0 Å².